The van der Waals surface area contributed by atoms with E-state index in [9.17, 15) is 5.26 Å². The van der Waals surface area contributed by atoms with Crippen molar-refractivity contribution in [1.82, 2.24) is 14.8 Å². The molecular formula is C45H34N4S. The summed E-state index contributed by atoms with van der Waals surface area (Å²) in [6.07, 6.45) is 5.72. The molecule has 4 nitrogen and oxygen atoms in total. The van der Waals surface area contributed by atoms with E-state index in [1.807, 2.05) is 29.5 Å². The molecule has 50 heavy (non-hydrogen) atoms. The van der Waals surface area contributed by atoms with Gasteiger partial charge in [-0.25, -0.2) is 0 Å². The number of nitriles is 1. The second-order valence-electron chi connectivity index (χ2n) is 13.6. The molecule has 8 aromatic rings. The van der Waals surface area contributed by atoms with Crippen molar-refractivity contribution in [3.8, 4) is 17.2 Å². The highest BCUT2D eigenvalue weighted by atomic mass is 32.1. The van der Waals surface area contributed by atoms with Gasteiger partial charge in [0.1, 0.15) is 0 Å². The first-order valence-electron chi connectivity index (χ1n) is 17.5. The largest absolute Gasteiger partial charge is 0.313 e. The van der Waals surface area contributed by atoms with E-state index in [1.54, 1.807) is 0 Å². The molecule has 0 bridgehead atoms. The molecular weight excluding hydrogens is 629 g/mol. The fourth-order valence-corrected chi connectivity index (χ4v) is 9.70. The normalized spacial score (nSPS) is 19.5. The van der Waals surface area contributed by atoms with Crippen molar-refractivity contribution in [2.45, 2.75) is 37.6 Å². The molecule has 6 aromatic carbocycles. The summed E-state index contributed by atoms with van der Waals surface area (Å²) < 4.78 is 5.20. The Morgan fingerprint density at radius 1 is 0.660 bits per heavy atom. The van der Waals surface area contributed by atoms with Gasteiger partial charge in [-0.3, -0.25) is 10.2 Å². The molecule has 1 fully saturated rings. The summed E-state index contributed by atoms with van der Waals surface area (Å²) >= 11 is 1.89. The highest BCUT2D eigenvalue weighted by Crippen LogP contribution is 2.45. The van der Waals surface area contributed by atoms with Gasteiger partial charge < -0.3 is 4.57 Å². The minimum atomic E-state index is 0.0745. The van der Waals surface area contributed by atoms with Crippen LogP contribution in [0.3, 0.4) is 0 Å². The third-order valence-electron chi connectivity index (χ3n) is 10.8. The Bertz CT molecular complexity index is 2660. The van der Waals surface area contributed by atoms with Crippen molar-refractivity contribution in [3.05, 3.63) is 162 Å². The average Bonchev–Trinajstić information content (AvgIpc) is 3.71. The third kappa shape index (κ3) is 4.64. The number of fused-ring (bicyclic) bond motifs is 6. The topological polar surface area (TPSA) is 44.0 Å². The van der Waals surface area contributed by atoms with Crippen molar-refractivity contribution in [2.75, 3.05) is 0 Å². The molecule has 1 saturated heterocycles. The van der Waals surface area contributed by atoms with Gasteiger partial charge in [0.15, 0.2) is 0 Å². The van der Waals surface area contributed by atoms with Crippen LogP contribution in [0.25, 0.3) is 58.8 Å². The van der Waals surface area contributed by atoms with Crippen LogP contribution in [-0.2, 0) is 0 Å². The number of hydrogen-bond donors (Lipinski definition) is 1. The molecule has 1 N–H and O–H groups in total. The van der Waals surface area contributed by atoms with Crippen molar-refractivity contribution in [1.29, 1.82) is 5.26 Å². The van der Waals surface area contributed by atoms with Crippen LogP contribution in [0.5, 0.6) is 0 Å². The monoisotopic (exact) mass is 662 g/mol. The van der Waals surface area contributed by atoms with Gasteiger partial charge >= 0.3 is 0 Å². The molecule has 0 spiro atoms. The Hall–Kier alpha value is -5.51. The SMILES string of the molecule is N#Cc1cccc(C2NC(c3ccccc3)N2C2CC=C(n3c4ccccc4c4cc(-c5cccc6c5sc5ccccc56)ccc43)CC2)c1. The van der Waals surface area contributed by atoms with E-state index in [0.29, 0.717) is 11.6 Å². The van der Waals surface area contributed by atoms with Crippen LogP contribution < -0.4 is 5.32 Å². The Morgan fingerprint density at radius 2 is 1.40 bits per heavy atom. The minimum absolute atomic E-state index is 0.0745. The van der Waals surface area contributed by atoms with Crippen LogP contribution in [0.1, 0.15) is 48.3 Å². The van der Waals surface area contributed by atoms with E-state index in [4.69, 9.17) is 0 Å². The van der Waals surface area contributed by atoms with Crippen molar-refractivity contribution >= 4 is 59.0 Å². The van der Waals surface area contributed by atoms with E-state index in [0.717, 1.165) is 24.8 Å². The van der Waals surface area contributed by atoms with Crippen molar-refractivity contribution in [2.24, 2.45) is 0 Å². The van der Waals surface area contributed by atoms with Gasteiger partial charge in [0.05, 0.1) is 35.0 Å². The maximum atomic E-state index is 9.60. The lowest BCUT2D eigenvalue weighted by Crippen LogP contribution is -2.61. The Balaban J connectivity index is 1.02. The summed E-state index contributed by atoms with van der Waals surface area (Å²) in [7, 11) is 0. The lowest BCUT2D eigenvalue weighted by molar-refractivity contribution is -0.0708. The van der Waals surface area contributed by atoms with E-state index < -0.39 is 0 Å². The number of thiophene rings is 1. The summed E-state index contributed by atoms with van der Waals surface area (Å²) in [5.74, 6) is 0. The van der Waals surface area contributed by atoms with Gasteiger partial charge in [-0.2, -0.15) is 5.26 Å². The predicted octanol–water partition coefficient (Wildman–Crippen LogP) is 11.4. The van der Waals surface area contributed by atoms with Crippen molar-refractivity contribution < 1.29 is 0 Å². The van der Waals surface area contributed by atoms with Crippen LogP contribution >= 0.6 is 11.3 Å². The smallest absolute Gasteiger partial charge is 0.0991 e. The van der Waals surface area contributed by atoms with E-state index >= 15 is 0 Å². The van der Waals surface area contributed by atoms with E-state index in [2.05, 4.69) is 148 Å². The number of benzene rings is 6. The summed E-state index contributed by atoms with van der Waals surface area (Å²) in [6.45, 7) is 0. The number of rotatable bonds is 5. The second-order valence-corrected chi connectivity index (χ2v) is 14.6. The molecule has 0 amide bonds. The summed E-state index contributed by atoms with van der Waals surface area (Å²) in [5, 5.41) is 18.7. The zero-order valence-corrected chi connectivity index (χ0v) is 28.3. The zero-order chi connectivity index (χ0) is 33.2. The predicted molar refractivity (Wildman–Crippen MR) is 208 cm³/mol. The highest BCUT2D eigenvalue weighted by molar-refractivity contribution is 7.26. The second kappa shape index (κ2) is 11.8. The third-order valence-corrected chi connectivity index (χ3v) is 12.0. The lowest BCUT2D eigenvalue weighted by Gasteiger charge is -2.54. The van der Waals surface area contributed by atoms with Gasteiger partial charge in [0.25, 0.3) is 0 Å². The number of aromatic nitrogens is 1. The lowest BCUT2D eigenvalue weighted by atomic mass is 9.91. The number of allylic oxidation sites excluding steroid dienone is 1. The molecule has 1 aliphatic carbocycles. The Kier molecular flexibility index (Phi) is 6.95. The first-order chi connectivity index (χ1) is 24.7. The molecule has 0 saturated carbocycles. The molecule has 3 heterocycles. The average molecular weight is 663 g/mol. The fraction of sp³-hybridized carbons (Fsp3) is 0.133. The first kappa shape index (κ1) is 29.4. The maximum absolute atomic E-state index is 9.60. The zero-order valence-electron chi connectivity index (χ0n) is 27.5. The maximum Gasteiger partial charge on any atom is 0.0991 e. The molecule has 3 atom stereocenters. The molecule has 5 heteroatoms. The van der Waals surface area contributed by atoms with Crippen molar-refractivity contribution in [3.63, 3.8) is 0 Å². The van der Waals surface area contributed by atoms with Crippen LogP contribution in [0.15, 0.2) is 146 Å². The number of para-hydroxylation sites is 1. The van der Waals surface area contributed by atoms with E-state index in [1.165, 1.54) is 64.4 Å². The highest BCUT2D eigenvalue weighted by Gasteiger charge is 2.44. The van der Waals surface area contributed by atoms with E-state index in [-0.39, 0.29) is 12.3 Å². The first-order valence-corrected chi connectivity index (χ1v) is 18.3. The molecule has 2 aromatic heterocycles. The molecule has 0 radical (unpaired) electrons. The van der Waals surface area contributed by atoms with Gasteiger partial charge in [-0.15, -0.1) is 11.3 Å². The number of nitrogens with zero attached hydrogens (tertiary/aromatic N) is 3. The van der Waals surface area contributed by atoms with Crippen LogP contribution in [0, 0.1) is 11.3 Å². The molecule has 3 unspecified atom stereocenters. The molecule has 2 aliphatic rings. The summed E-state index contributed by atoms with van der Waals surface area (Å²) in [6, 6.07) is 52.9. The number of hydrogen-bond acceptors (Lipinski definition) is 4. The Labute approximate surface area is 295 Å². The van der Waals surface area contributed by atoms with Gasteiger partial charge in [0, 0.05) is 42.7 Å². The summed E-state index contributed by atoms with van der Waals surface area (Å²) in [4.78, 5) is 2.63. The van der Waals surface area contributed by atoms with Gasteiger partial charge in [-0.1, -0.05) is 109 Å². The molecule has 240 valence electrons. The van der Waals surface area contributed by atoms with Gasteiger partial charge in [-0.05, 0) is 77.9 Å². The van der Waals surface area contributed by atoms with Gasteiger partial charge in [0.2, 0.25) is 0 Å². The minimum Gasteiger partial charge on any atom is -0.313 e. The molecule has 10 rings (SSSR count). The Morgan fingerprint density at radius 3 is 2.26 bits per heavy atom. The summed E-state index contributed by atoms with van der Waals surface area (Å²) in [5.41, 5.74) is 9.60. The standard InChI is InChI=1S/C45H34N4S/c46-28-29-10-8-13-32(26-29)45-47-44(30-11-2-1-3-12-30)49(45)34-23-21-33(22-24-34)48-40-18-6-4-14-36(40)39-27-31(20-25-41(39)48)35-16-9-17-38-37-15-5-7-19-42(37)50-43(35)38/h1-21,25-27,34,44-45,47H,22-24H2. The van der Waals surface area contributed by atoms with Crippen LogP contribution in [0.2, 0.25) is 0 Å². The number of nitrogens with one attached hydrogen (secondary N) is 1. The van der Waals surface area contributed by atoms with Crippen LogP contribution in [0.4, 0.5) is 0 Å². The fourth-order valence-electron chi connectivity index (χ4n) is 8.47. The quantitative estimate of drug-likeness (QED) is 0.199. The molecule has 1 aliphatic heterocycles. The van der Waals surface area contributed by atoms with Crippen LogP contribution in [-0.4, -0.2) is 15.5 Å².